The van der Waals surface area contributed by atoms with Crippen LogP contribution in [0.2, 0.25) is 0 Å². The molecular formula is C17H18N2O. The Bertz CT molecular complexity index is 630. The summed E-state index contributed by atoms with van der Waals surface area (Å²) in [6.45, 7) is 1.47. The zero-order valence-corrected chi connectivity index (χ0v) is 12.0. The van der Waals surface area contributed by atoms with Gasteiger partial charge in [-0.05, 0) is 6.07 Å². The predicted molar refractivity (Wildman–Crippen MR) is 83.5 cm³/mol. The smallest absolute Gasteiger partial charge is 0.243 e. The Labute approximate surface area is 119 Å². The van der Waals surface area contributed by atoms with Gasteiger partial charge in [-0.1, -0.05) is 48.5 Å². The second-order valence-electron chi connectivity index (χ2n) is 4.76. The number of hydrogen-bond acceptors (Lipinski definition) is 2. The molecule has 20 heavy (non-hydrogen) atoms. The standard InChI is InChI=1S/C17H18N2O/c1-13(20)18-17(14-9-5-4-6-10-14)15-11-7-8-12-16(15)19(2)3/h4-12H,1-3H3. The molecule has 3 heteroatoms. The molecule has 0 spiro atoms. The first-order chi connectivity index (χ1) is 9.59. The Hall–Kier alpha value is -2.42. The Morgan fingerprint density at radius 3 is 2.15 bits per heavy atom. The Morgan fingerprint density at radius 1 is 0.950 bits per heavy atom. The van der Waals surface area contributed by atoms with Crippen LogP contribution in [0.1, 0.15) is 18.1 Å². The number of anilines is 1. The first-order valence-corrected chi connectivity index (χ1v) is 6.51. The van der Waals surface area contributed by atoms with E-state index in [2.05, 4.69) is 4.99 Å². The summed E-state index contributed by atoms with van der Waals surface area (Å²) in [6.07, 6.45) is 0. The lowest BCUT2D eigenvalue weighted by Gasteiger charge is -2.18. The van der Waals surface area contributed by atoms with E-state index in [1.165, 1.54) is 6.92 Å². The summed E-state index contributed by atoms with van der Waals surface area (Å²) in [7, 11) is 3.96. The minimum atomic E-state index is -0.197. The van der Waals surface area contributed by atoms with Crippen LogP contribution < -0.4 is 4.90 Å². The molecule has 0 radical (unpaired) electrons. The maximum Gasteiger partial charge on any atom is 0.243 e. The van der Waals surface area contributed by atoms with Crippen LogP contribution in [0.4, 0.5) is 5.69 Å². The van der Waals surface area contributed by atoms with Gasteiger partial charge in [-0.2, -0.15) is 0 Å². The van der Waals surface area contributed by atoms with Gasteiger partial charge in [0.2, 0.25) is 5.91 Å². The summed E-state index contributed by atoms with van der Waals surface area (Å²) < 4.78 is 0. The average molecular weight is 266 g/mol. The number of nitrogens with zero attached hydrogens (tertiary/aromatic N) is 2. The van der Waals surface area contributed by atoms with Crippen molar-refractivity contribution in [1.29, 1.82) is 0 Å². The number of amides is 1. The lowest BCUT2D eigenvalue weighted by molar-refractivity contribution is -0.115. The zero-order valence-electron chi connectivity index (χ0n) is 12.0. The molecule has 102 valence electrons. The summed E-state index contributed by atoms with van der Waals surface area (Å²) in [6, 6.07) is 17.7. The topological polar surface area (TPSA) is 32.7 Å². The van der Waals surface area contributed by atoms with E-state index < -0.39 is 0 Å². The van der Waals surface area contributed by atoms with Crippen LogP contribution in [0.3, 0.4) is 0 Å². The van der Waals surface area contributed by atoms with Crippen LogP contribution in [-0.4, -0.2) is 25.7 Å². The molecule has 0 heterocycles. The molecule has 0 aliphatic rings. The molecule has 3 nitrogen and oxygen atoms in total. The van der Waals surface area contributed by atoms with Gasteiger partial charge in [-0.3, -0.25) is 4.79 Å². The van der Waals surface area contributed by atoms with Gasteiger partial charge in [-0.15, -0.1) is 0 Å². The molecule has 1 amide bonds. The minimum absolute atomic E-state index is 0.197. The molecule has 0 saturated heterocycles. The van der Waals surface area contributed by atoms with E-state index in [1.807, 2.05) is 73.6 Å². The highest BCUT2D eigenvalue weighted by atomic mass is 16.1. The molecule has 0 aliphatic heterocycles. The number of carbonyl (C=O) groups is 1. The van der Waals surface area contributed by atoms with Crippen LogP contribution in [0.15, 0.2) is 59.6 Å². The van der Waals surface area contributed by atoms with E-state index in [4.69, 9.17) is 0 Å². The average Bonchev–Trinajstić information content (AvgIpc) is 2.45. The molecule has 2 aromatic rings. The molecule has 0 aliphatic carbocycles. The largest absolute Gasteiger partial charge is 0.377 e. The molecule has 2 rings (SSSR count). The number of rotatable bonds is 3. The van der Waals surface area contributed by atoms with E-state index in [-0.39, 0.29) is 5.91 Å². The first kappa shape index (κ1) is 14.0. The number of aliphatic imine (C=N–C) groups is 1. The summed E-state index contributed by atoms with van der Waals surface area (Å²) >= 11 is 0. The second kappa shape index (κ2) is 6.15. The highest BCUT2D eigenvalue weighted by Gasteiger charge is 2.13. The van der Waals surface area contributed by atoms with Crippen molar-refractivity contribution in [3.63, 3.8) is 0 Å². The number of para-hydroxylation sites is 1. The normalized spacial score (nSPS) is 11.2. The number of benzene rings is 2. The molecule has 0 saturated carbocycles. The third kappa shape index (κ3) is 3.12. The third-order valence-corrected chi connectivity index (χ3v) is 2.96. The minimum Gasteiger partial charge on any atom is -0.377 e. The Balaban J connectivity index is 2.63. The maximum absolute atomic E-state index is 11.5. The van der Waals surface area contributed by atoms with Crippen LogP contribution in [0.5, 0.6) is 0 Å². The van der Waals surface area contributed by atoms with Gasteiger partial charge in [0, 0.05) is 37.8 Å². The molecule has 0 aromatic heterocycles. The SMILES string of the molecule is CC(=O)N=C(c1ccccc1)c1ccccc1N(C)C. The van der Waals surface area contributed by atoms with Gasteiger partial charge in [0.15, 0.2) is 0 Å². The lowest BCUT2D eigenvalue weighted by atomic mass is 10.00. The van der Waals surface area contributed by atoms with Crippen molar-refractivity contribution in [2.45, 2.75) is 6.92 Å². The van der Waals surface area contributed by atoms with Crippen molar-refractivity contribution >= 4 is 17.3 Å². The van der Waals surface area contributed by atoms with E-state index in [0.29, 0.717) is 5.71 Å². The first-order valence-electron chi connectivity index (χ1n) is 6.51. The summed E-state index contributed by atoms with van der Waals surface area (Å²) in [5.74, 6) is -0.197. The van der Waals surface area contributed by atoms with Gasteiger partial charge in [0.05, 0.1) is 5.71 Å². The van der Waals surface area contributed by atoms with Crippen molar-refractivity contribution in [1.82, 2.24) is 0 Å². The number of carbonyl (C=O) groups excluding carboxylic acids is 1. The highest BCUT2D eigenvalue weighted by Crippen LogP contribution is 2.22. The number of hydrogen-bond donors (Lipinski definition) is 0. The van der Waals surface area contributed by atoms with Crippen molar-refractivity contribution in [3.05, 3.63) is 65.7 Å². The lowest BCUT2D eigenvalue weighted by Crippen LogP contribution is -2.15. The monoisotopic (exact) mass is 266 g/mol. The third-order valence-electron chi connectivity index (χ3n) is 2.96. The molecule has 0 N–H and O–H groups in total. The van der Waals surface area contributed by atoms with Gasteiger partial charge < -0.3 is 4.90 Å². The quantitative estimate of drug-likeness (QED) is 0.799. The molecular weight excluding hydrogens is 248 g/mol. The predicted octanol–water partition coefficient (Wildman–Crippen LogP) is 3.14. The van der Waals surface area contributed by atoms with Crippen LogP contribution in [-0.2, 0) is 4.79 Å². The Morgan fingerprint density at radius 2 is 1.55 bits per heavy atom. The van der Waals surface area contributed by atoms with Crippen molar-refractivity contribution in [3.8, 4) is 0 Å². The van der Waals surface area contributed by atoms with Crippen molar-refractivity contribution in [2.75, 3.05) is 19.0 Å². The summed E-state index contributed by atoms with van der Waals surface area (Å²) in [4.78, 5) is 17.7. The van der Waals surface area contributed by atoms with Crippen LogP contribution >= 0.6 is 0 Å². The van der Waals surface area contributed by atoms with Gasteiger partial charge in [0.25, 0.3) is 0 Å². The van der Waals surface area contributed by atoms with Gasteiger partial charge >= 0.3 is 0 Å². The van der Waals surface area contributed by atoms with Gasteiger partial charge in [0.1, 0.15) is 0 Å². The molecule has 2 aromatic carbocycles. The van der Waals surface area contributed by atoms with E-state index >= 15 is 0 Å². The fourth-order valence-electron chi connectivity index (χ4n) is 2.10. The Kier molecular flexibility index (Phi) is 4.31. The van der Waals surface area contributed by atoms with E-state index in [0.717, 1.165) is 16.8 Å². The summed E-state index contributed by atoms with van der Waals surface area (Å²) in [5.41, 5.74) is 3.65. The molecule has 0 unspecified atom stereocenters. The molecule has 0 bridgehead atoms. The fourth-order valence-corrected chi connectivity index (χ4v) is 2.10. The van der Waals surface area contributed by atoms with E-state index in [9.17, 15) is 4.79 Å². The zero-order chi connectivity index (χ0) is 14.5. The van der Waals surface area contributed by atoms with Gasteiger partial charge in [-0.25, -0.2) is 4.99 Å². The van der Waals surface area contributed by atoms with Crippen molar-refractivity contribution < 1.29 is 4.79 Å². The summed E-state index contributed by atoms with van der Waals surface area (Å²) in [5, 5.41) is 0. The van der Waals surface area contributed by atoms with Crippen LogP contribution in [0.25, 0.3) is 0 Å². The fraction of sp³-hybridized carbons (Fsp3) is 0.176. The highest BCUT2D eigenvalue weighted by molar-refractivity contribution is 6.19. The molecule has 0 fully saturated rings. The van der Waals surface area contributed by atoms with E-state index in [1.54, 1.807) is 0 Å². The molecule has 0 atom stereocenters. The maximum atomic E-state index is 11.5. The second-order valence-corrected chi connectivity index (χ2v) is 4.76. The van der Waals surface area contributed by atoms with Crippen LogP contribution in [0, 0.1) is 0 Å². The van der Waals surface area contributed by atoms with Crippen molar-refractivity contribution in [2.24, 2.45) is 4.99 Å².